The zero-order valence-electron chi connectivity index (χ0n) is 16.5. The molecule has 7 heteroatoms. The Morgan fingerprint density at radius 3 is 2.59 bits per heavy atom. The number of piperazine rings is 1. The van der Waals surface area contributed by atoms with E-state index in [9.17, 15) is 9.59 Å². The van der Waals surface area contributed by atoms with E-state index in [1.165, 1.54) is 0 Å². The molecular weight excluding hydrogens is 370 g/mol. The van der Waals surface area contributed by atoms with Crippen LogP contribution in [-0.2, 0) is 14.3 Å². The summed E-state index contributed by atoms with van der Waals surface area (Å²) in [4.78, 5) is 32.4. The molecule has 1 fully saturated rings. The maximum atomic E-state index is 12.3. The third-order valence-corrected chi connectivity index (χ3v) is 4.85. The summed E-state index contributed by atoms with van der Waals surface area (Å²) in [6.45, 7) is 5.92. The van der Waals surface area contributed by atoms with Gasteiger partial charge in [-0.25, -0.2) is 14.6 Å². The first-order valence-electron chi connectivity index (χ1n) is 9.71. The molecule has 0 aromatic heterocycles. The Morgan fingerprint density at radius 1 is 1.10 bits per heavy atom. The van der Waals surface area contributed by atoms with E-state index in [4.69, 9.17) is 9.47 Å². The van der Waals surface area contributed by atoms with E-state index < -0.39 is 5.97 Å². The van der Waals surface area contributed by atoms with Gasteiger partial charge in [0.15, 0.2) is 5.70 Å². The molecule has 2 aliphatic heterocycles. The maximum absolute atomic E-state index is 12.3. The van der Waals surface area contributed by atoms with Gasteiger partial charge < -0.3 is 19.3 Å². The zero-order valence-corrected chi connectivity index (χ0v) is 16.5. The second-order valence-corrected chi connectivity index (χ2v) is 7.30. The average Bonchev–Trinajstić information content (AvgIpc) is 3.07. The van der Waals surface area contributed by atoms with E-state index in [0.29, 0.717) is 32.1 Å². The second kappa shape index (κ2) is 7.95. The molecule has 2 aliphatic rings. The quantitative estimate of drug-likeness (QED) is 0.592. The lowest BCUT2D eigenvalue weighted by atomic mass is 10.0. The fraction of sp³-hybridized carbons (Fsp3) is 0.318. The van der Waals surface area contributed by atoms with Crippen molar-refractivity contribution >= 4 is 28.7 Å². The lowest BCUT2D eigenvalue weighted by molar-refractivity contribution is -0.130. The van der Waals surface area contributed by atoms with Crippen LogP contribution in [0.1, 0.15) is 19.4 Å². The monoisotopic (exact) mass is 393 g/mol. The summed E-state index contributed by atoms with van der Waals surface area (Å²) >= 11 is 0. The molecule has 2 aromatic carbocycles. The number of hydrogen-bond donors (Lipinski definition) is 0. The molecule has 1 amide bonds. The fourth-order valence-electron chi connectivity index (χ4n) is 3.41. The van der Waals surface area contributed by atoms with E-state index in [2.05, 4.69) is 4.99 Å². The van der Waals surface area contributed by atoms with Gasteiger partial charge in [-0.1, -0.05) is 36.4 Å². The van der Waals surface area contributed by atoms with Crippen LogP contribution in [0.15, 0.2) is 59.4 Å². The Kier molecular flexibility index (Phi) is 5.20. The summed E-state index contributed by atoms with van der Waals surface area (Å²) in [5, 5.41) is 2.05. The Bertz CT molecular complexity index is 999. The Balaban J connectivity index is 1.48. The van der Waals surface area contributed by atoms with Gasteiger partial charge in [0.05, 0.1) is 6.10 Å². The van der Waals surface area contributed by atoms with E-state index in [1.54, 1.807) is 11.1 Å². The van der Waals surface area contributed by atoms with Crippen LogP contribution >= 0.6 is 0 Å². The third-order valence-electron chi connectivity index (χ3n) is 4.85. The molecule has 0 saturated carbocycles. The lowest BCUT2D eigenvalue weighted by Crippen LogP contribution is -2.47. The number of carbonyl (C=O) groups is 2. The topological polar surface area (TPSA) is 71.4 Å². The normalized spacial score (nSPS) is 18.4. The molecule has 0 bridgehead atoms. The summed E-state index contributed by atoms with van der Waals surface area (Å²) in [7, 11) is 0. The molecule has 0 N–H and O–H groups in total. The minimum absolute atomic E-state index is 0.141. The number of cyclic esters (lactones) is 1. The second-order valence-electron chi connectivity index (χ2n) is 7.30. The van der Waals surface area contributed by atoms with Crippen LogP contribution in [0.25, 0.3) is 10.8 Å². The molecule has 0 unspecified atom stereocenters. The lowest BCUT2D eigenvalue weighted by Gasteiger charge is -2.33. The van der Waals surface area contributed by atoms with Crippen molar-refractivity contribution < 1.29 is 19.1 Å². The number of benzene rings is 2. The minimum Gasteiger partial charge on any atom is -0.447 e. The number of nitrogens with zero attached hydrogens (tertiary/aromatic N) is 3. The van der Waals surface area contributed by atoms with Crippen molar-refractivity contribution in [2.24, 2.45) is 4.99 Å². The van der Waals surface area contributed by atoms with Crippen molar-refractivity contribution in [1.82, 2.24) is 9.80 Å². The van der Waals surface area contributed by atoms with Gasteiger partial charge in [-0.2, -0.15) is 0 Å². The molecule has 4 rings (SSSR count). The first kappa shape index (κ1) is 19.0. The number of aliphatic imine (C=N–C) groups is 1. The van der Waals surface area contributed by atoms with E-state index in [-0.39, 0.29) is 17.9 Å². The summed E-state index contributed by atoms with van der Waals surface area (Å²) in [5.41, 5.74) is 1.06. The Labute approximate surface area is 169 Å². The maximum Gasteiger partial charge on any atom is 0.410 e. The predicted molar refractivity (Wildman–Crippen MR) is 109 cm³/mol. The Hall–Kier alpha value is -3.35. The van der Waals surface area contributed by atoms with Gasteiger partial charge in [0.1, 0.15) is 0 Å². The first-order valence-corrected chi connectivity index (χ1v) is 9.71. The van der Waals surface area contributed by atoms with Gasteiger partial charge in [0.25, 0.3) is 0 Å². The highest BCUT2D eigenvalue weighted by Gasteiger charge is 2.27. The van der Waals surface area contributed by atoms with Crippen molar-refractivity contribution in [1.29, 1.82) is 0 Å². The number of ether oxygens (including phenoxy) is 2. The highest BCUT2D eigenvalue weighted by molar-refractivity contribution is 6.16. The molecule has 2 heterocycles. The number of amides is 1. The summed E-state index contributed by atoms with van der Waals surface area (Å²) in [6, 6.07) is 13.7. The van der Waals surface area contributed by atoms with Crippen molar-refractivity contribution in [3.8, 4) is 0 Å². The number of fused-ring (bicyclic) bond motifs is 1. The van der Waals surface area contributed by atoms with Gasteiger partial charge >= 0.3 is 12.1 Å². The fourth-order valence-corrected chi connectivity index (χ4v) is 3.41. The van der Waals surface area contributed by atoms with Crippen LogP contribution in [0, 0.1) is 0 Å². The zero-order chi connectivity index (χ0) is 20.4. The number of hydrogen-bond acceptors (Lipinski definition) is 6. The van der Waals surface area contributed by atoms with Crippen molar-refractivity contribution in [3.63, 3.8) is 0 Å². The summed E-state index contributed by atoms with van der Waals surface area (Å²) in [6.07, 6.45) is 1.27. The first-order chi connectivity index (χ1) is 14.0. The molecule has 29 heavy (non-hydrogen) atoms. The molecule has 0 radical (unpaired) electrons. The van der Waals surface area contributed by atoms with E-state index >= 15 is 0 Å². The standard InChI is InChI=1S/C22H23N3O4/c1-15(2)28-22(27)25-12-10-24(11-13-25)14-19-21(26)29-20(23-19)18-9-5-7-16-6-3-4-8-17(16)18/h3-9,14-15H,10-13H2,1-2H3/b19-14+. The molecule has 2 aromatic rings. The van der Waals surface area contributed by atoms with E-state index in [0.717, 1.165) is 16.3 Å². The number of carbonyl (C=O) groups excluding carboxylic acids is 2. The largest absolute Gasteiger partial charge is 0.447 e. The molecule has 0 spiro atoms. The van der Waals surface area contributed by atoms with Gasteiger partial charge in [-0.15, -0.1) is 0 Å². The predicted octanol–water partition coefficient (Wildman–Crippen LogP) is 3.15. The number of esters is 1. The van der Waals surface area contributed by atoms with Crippen molar-refractivity contribution in [3.05, 3.63) is 59.9 Å². The van der Waals surface area contributed by atoms with Crippen molar-refractivity contribution in [2.45, 2.75) is 20.0 Å². The highest BCUT2D eigenvalue weighted by atomic mass is 16.6. The van der Waals surface area contributed by atoms with Crippen LogP contribution < -0.4 is 0 Å². The molecular formula is C22H23N3O4. The van der Waals surface area contributed by atoms with Crippen LogP contribution in [0.4, 0.5) is 4.79 Å². The van der Waals surface area contributed by atoms with Gasteiger partial charge in [-0.05, 0) is 30.7 Å². The number of rotatable bonds is 3. The van der Waals surface area contributed by atoms with Crippen LogP contribution in [0.2, 0.25) is 0 Å². The molecule has 1 saturated heterocycles. The van der Waals surface area contributed by atoms with Crippen LogP contribution in [-0.4, -0.2) is 60.0 Å². The summed E-state index contributed by atoms with van der Waals surface area (Å²) in [5.74, 6) is -0.147. The van der Waals surface area contributed by atoms with Gasteiger partial charge in [-0.3, -0.25) is 0 Å². The van der Waals surface area contributed by atoms with E-state index in [1.807, 2.05) is 61.2 Å². The highest BCUT2D eigenvalue weighted by Crippen LogP contribution is 2.24. The average molecular weight is 393 g/mol. The molecule has 0 aliphatic carbocycles. The smallest absolute Gasteiger partial charge is 0.410 e. The van der Waals surface area contributed by atoms with Crippen LogP contribution in [0.3, 0.4) is 0 Å². The molecule has 0 atom stereocenters. The molecule has 150 valence electrons. The summed E-state index contributed by atoms with van der Waals surface area (Å²) < 4.78 is 10.7. The Morgan fingerprint density at radius 2 is 1.83 bits per heavy atom. The van der Waals surface area contributed by atoms with Gasteiger partial charge in [0, 0.05) is 37.9 Å². The van der Waals surface area contributed by atoms with Crippen LogP contribution in [0.5, 0.6) is 0 Å². The molecule has 7 nitrogen and oxygen atoms in total. The minimum atomic E-state index is -0.463. The SMILES string of the molecule is CC(C)OC(=O)N1CCN(/C=C2/N=C(c3cccc4ccccc34)OC2=O)CC1. The third kappa shape index (κ3) is 4.08. The van der Waals surface area contributed by atoms with Gasteiger partial charge in [0.2, 0.25) is 5.90 Å². The van der Waals surface area contributed by atoms with Crippen molar-refractivity contribution in [2.75, 3.05) is 26.2 Å².